The van der Waals surface area contributed by atoms with Crippen molar-refractivity contribution in [2.45, 2.75) is 20.3 Å². The predicted octanol–water partition coefficient (Wildman–Crippen LogP) is 2.52. The summed E-state index contributed by atoms with van der Waals surface area (Å²) < 4.78 is 0. The fraction of sp³-hybridized carbons (Fsp3) is 0.333. The van der Waals surface area contributed by atoms with Crippen molar-refractivity contribution < 1.29 is 9.59 Å². The number of amides is 2. The van der Waals surface area contributed by atoms with E-state index in [1.54, 1.807) is 36.4 Å². The van der Waals surface area contributed by atoms with Crippen molar-refractivity contribution in [3.05, 3.63) is 59.7 Å². The molecule has 144 valence electrons. The Morgan fingerprint density at radius 3 is 2.41 bits per heavy atom. The van der Waals surface area contributed by atoms with Gasteiger partial charge in [0.15, 0.2) is 0 Å². The van der Waals surface area contributed by atoms with E-state index in [1.807, 2.05) is 12.1 Å². The number of nitrogens with two attached hydrogens (primary N) is 1. The van der Waals surface area contributed by atoms with Crippen molar-refractivity contribution >= 4 is 23.2 Å². The van der Waals surface area contributed by atoms with Crippen molar-refractivity contribution in [3.63, 3.8) is 0 Å². The van der Waals surface area contributed by atoms with E-state index >= 15 is 0 Å². The number of nitrogens with one attached hydrogen (secondary N) is 2. The normalized spacial score (nSPS) is 10.6. The molecule has 0 aliphatic rings. The molecule has 6 heteroatoms. The summed E-state index contributed by atoms with van der Waals surface area (Å²) >= 11 is 0. The van der Waals surface area contributed by atoms with Gasteiger partial charge in [-0.25, -0.2) is 0 Å². The Labute approximate surface area is 160 Å². The molecular formula is C21H28N4O2. The van der Waals surface area contributed by atoms with Gasteiger partial charge in [0.25, 0.3) is 5.91 Å². The quantitative estimate of drug-likeness (QED) is 0.594. The molecule has 0 saturated heterocycles. The lowest BCUT2D eigenvalue weighted by Gasteiger charge is -2.18. The molecule has 0 radical (unpaired) electrons. The fourth-order valence-corrected chi connectivity index (χ4v) is 2.73. The molecule has 0 unspecified atom stereocenters. The number of carbonyl (C=O) groups is 2. The third kappa shape index (κ3) is 6.75. The fourth-order valence-electron chi connectivity index (χ4n) is 2.73. The maximum absolute atomic E-state index is 12.3. The Hall–Kier alpha value is -2.86. The Morgan fingerprint density at radius 1 is 1.04 bits per heavy atom. The van der Waals surface area contributed by atoms with Crippen LogP contribution in [0.2, 0.25) is 0 Å². The zero-order valence-corrected chi connectivity index (χ0v) is 16.0. The highest BCUT2D eigenvalue weighted by Gasteiger charge is 2.09. The van der Waals surface area contributed by atoms with E-state index in [1.165, 1.54) is 0 Å². The number of hydrogen-bond donors (Lipinski definition) is 3. The minimum atomic E-state index is -0.142. The van der Waals surface area contributed by atoms with Gasteiger partial charge >= 0.3 is 0 Å². The Bertz CT molecular complexity index is 755. The number of hydrogen-bond acceptors (Lipinski definition) is 4. The molecule has 0 saturated carbocycles. The van der Waals surface area contributed by atoms with Gasteiger partial charge in [0.05, 0.1) is 6.42 Å². The third-order valence-electron chi connectivity index (χ3n) is 4.36. The van der Waals surface area contributed by atoms with E-state index in [0.29, 0.717) is 23.5 Å². The first-order chi connectivity index (χ1) is 13.0. The van der Waals surface area contributed by atoms with Crippen LogP contribution < -0.4 is 16.4 Å². The topological polar surface area (TPSA) is 87.5 Å². The molecule has 0 bridgehead atoms. The molecule has 6 nitrogen and oxygen atoms in total. The Morgan fingerprint density at radius 2 is 1.74 bits per heavy atom. The monoisotopic (exact) mass is 368 g/mol. The third-order valence-corrected chi connectivity index (χ3v) is 4.36. The number of likely N-dealkylation sites (N-methyl/N-ethyl adjacent to an activating group) is 1. The number of anilines is 2. The molecule has 0 heterocycles. The molecule has 0 aliphatic carbocycles. The molecule has 2 amide bonds. The van der Waals surface area contributed by atoms with E-state index in [4.69, 9.17) is 5.73 Å². The van der Waals surface area contributed by atoms with Crippen LogP contribution in [-0.4, -0.2) is 42.9 Å². The lowest BCUT2D eigenvalue weighted by molar-refractivity contribution is -0.115. The predicted molar refractivity (Wildman–Crippen MR) is 110 cm³/mol. The van der Waals surface area contributed by atoms with Crippen LogP contribution in [0, 0.1) is 0 Å². The number of nitrogen functional groups attached to an aromatic ring is 1. The second-order valence-electron chi connectivity index (χ2n) is 6.33. The lowest BCUT2D eigenvalue weighted by Crippen LogP contribution is -2.34. The minimum absolute atomic E-state index is 0.140. The maximum atomic E-state index is 12.3. The Kier molecular flexibility index (Phi) is 7.82. The number of rotatable bonds is 9. The largest absolute Gasteiger partial charge is 0.399 e. The van der Waals surface area contributed by atoms with Crippen LogP contribution in [0.4, 0.5) is 11.4 Å². The summed E-state index contributed by atoms with van der Waals surface area (Å²) in [6.45, 7) is 7.53. The van der Waals surface area contributed by atoms with Crippen molar-refractivity contribution in [1.82, 2.24) is 10.2 Å². The summed E-state index contributed by atoms with van der Waals surface area (Å²) in [6.07, 6.45) is 0.251. The molecule has 2 rings (SSSR count). The molecule has 27 heavy (non-hydrogen) atoms. The molecule has 2 aromatic rings. The molecule has 0 spiro atoms. The summed E-state index contributed by atoms with van der Waals surface area (Å²) in [4.78, 5) is 26.8. The van der Waals surface area contributed by atoms with Crippen LogP contribution in [0.25, 0.3) is 0 Å². The zero-order valence-electron chi connectivity index (χ0n) is 16.0. The van der Waals surface area contributed by atoms with Crippen molar-refractivity contribution in [3.8, 4) is 0 Å². The van der Waals surface area contributed by atoms with Crippen LogP contribution in [0.5, 0.6) is 0 Å². The van der Waals surface area contributed by atoms with Gasteiger partial charge in [0, 0.05) is 30.0 Å². The second kappa shape index (κ2) is 10.3. The average Bonchev–Trinajstić information content (AvgIpc) is 2.67. The maximum Gasteiger partial charge on any atom is 0.251 e. The SMILES string of the molecule is CCN(CC)CCNC(=O)c1cccc(NC(=O)Cc2ccc(N)cc2)c1. The van der Waals surface area contributed by atoms with Gasteiger partial charge in [0.2, 0.25) is 5.91 Å². The van der Waals surface area contributed by atoms with Gasteiger partial charge < -0.3 is 21.3 Å². The average molecular weight is 368 g/mol. The van der Waals surface area contributed by atoms with Crippen molar-refractivity contribution in [1.29, 1.82) is 0 Å². The summed E-state index contributed by atoms with van der Waals surface area (Å²) in [5, 5.41) is 5.75. The standard InChI is InChI=1S/C21H28N4O2/c1-3-25(4-2)13-12-23-21(27)17-6-5-7-19(15-17)24-20(26)14-16-8-10-18(22)11-9-16/h5-11,15H,3-4,12-14,22H2,1-2H3,(H,23,27)(H,24,26). The van der Waals surface area contributed by atoms with Crippen molar-refractivity contribution in [2.24, 2.45) is 0 Å². The number of carbonyl (C=O) groups excluding carboxylic acids is 2. The molecule has 0 atom stereocenters. The minimum Gasteiger partial charge on any atom is -0.399 e. The number of benzene rings is 2. The number of nitrogens with zero attached hydrogens (tertiary/aromatic N) is 1. The van der Waals surface area contributed by atoms with Crippen LogP contribution >= 0.6 is 0 Å². The summed E-state index contributed by atoms with van der Waals surface area (Å²) in [5.74, 6) is -0.282. The molecular weight excluding hydrogens is 340 g/mol. The van der Waals surface area contributed by atoms with Crippen LogP contribution in [-0.2, 0) is 11.2 Å². The Balaban J connectivity index is 1.89. The summed E-state index contributed by atoms with van der Waals surface area (Å²) in [7, 11) is 0. The highest BCUT2D eigenvalue weighted by Crippen LogP contribution is 2.12. The first-order valence-electron chi connectivity index (χ1n) is 9.26. The second-order valence-corrected chi connectivity index (χ2v) is 6.33. The van der Waals surface area contributed by atoms with Gasteiger partial charge in [-0.1, -0.05) is 32.0 Å². The van der Waals surface area contributed by atoms with E-state index < -0.39 is 0 Å². The van der Waals surface area contributed by atoms with Gasteiger partial charge in [-0.2, -0.15) is 0 Å². The molecule has 2 aromatic carbocycles. The highest BCUT2D eigenvalue weighted by atomic mass is 16.2. The lowest BCUT2D eigenvalue weighted by atomic mass is 10.1. The molecule has 4 N–H and O–H groups in total. The van der Waals surface area contributed by atoms with Crippen LogP contribution in [0.15, 0.2) is 48.5 Å². The smallest absolute Gasteiger partial charge is 0.251 e. The van der Waals surface area contributed by atoms with E-state index in [9.17, 15) is 9.59 Å². The van der Waals surface area contributed by atoms with E-state index in [-0.39, 0.29) is 18.2 Å². The first kappa shape index (κ1) is 20.5. The van der Waals surface area contributed by atoms with Crippen LogP contribution in [0.3, 0.4) is 0 Å². The molecule has 0 aromatic heterocycles. The van der Waals surface area contributed by atoms with Gasteiger partial charge in [-0.15, -0.1) is 0 Å². The zero-order chi connectivity index (χ0) is 19.6. The first-order valence-corrected chi connectivity index (χ1v) is 9.26. The summed E-state index contributed by atoms with van der Waals surface area (Å²) in [6, 6.07) is 14.2. The van der Waals surface area contributed by atoms with E-state index in [2.05, 4.69) is 29.4 Å². The molecule has 0 aliphatic heterocycles. The highest BCUT2D eigenvalue weighted by molar-refractivity contribution is 5.97. The van der Waals surface area contributed by atoms with Gasteiger partial charge in [-0.3, -0.25) is 9.59 Å². The van der Waals surface area contributed by atoms with Crippen LogP contribution in [0.1, 0.15) is 29.8 Å². The van der Waals surface area contributed by atoms with E-state index in [0.717, 1.165) is 25.2 Å². The van der Waals surface area contributed by atoms with Gasteiger partial charge in [-0.05, 0) is 49.0 Å². The van der Waals surface area contributed by atoms with Crippen molar-refractivity contribution in [2.75, 3.05) is 37.2 Å². The molecule has 0 fully saturated rings. The van der Waals surface area contributed by atoms with Gasteiger partial charge in [0.1, 0.15) is 0 Å². The summed E-state index contributed by atoms with van der Waals surface area (Å²) in [5.41, 5.74) is 8.33.